The van der Waals surface area contributed by atoms with Crippen LogP contribution < -0.4 is 5.73 Å². The van der Waals surface area contributed by atoms with E-state index in [1.54, 1.807) is 0 Å². The topological polar surface area (TPSA) is 46.3 Å². The molecule has 1 amide bonds. The predicted molar refractivity (Wildman–Crippen MR) is 52.2 cm³/mol. The van der Waals surface area contributed by atoms with Crippen molar-refractivity contribution in [1.29, 1.82) is 0 Å². The van der Waals surface area contributed by atoms with Crippen LogP contribution in [0.1, 0.15) is 12.8 Å². The highest BCUT2D eigenvalue weighted by Crippen LogP contribution is 2.10. The van der Waals surface area contributed by atoms with Gasteiger partial charge in [0.1, 0.15) is 0 Å². The Morgan fingerprint density at radius 1 is 1.50 bits per heavy atom. The van der Waals surface area contributed by atoms with E-state index in [0.717, 1.165) is 31.0 Å². The summed E-state index contributed by atoms with van der Waals surface area (Å²) in [5.74, 6) is 2.36. The van der Waals surface area contributed by atoms with Crippen molar-refractivity contribution in [3.05, 3.63) is 0 Å². The van der Waals surface area contributed by atoms with Crippen LogP contribution in [0.4, 0.5) is 0 Å². The van der Waals surface area contributed by atoms with Crippen molar-refractivity contribution in [1.82, 2.24) is 4.90 Å². The number of carbonyl (C=O) groups is 1. The van der Waals surface area contributed by atoms with Crippen molar-refractivity contribution >= 4 is 17.7 Å². The number of thioether (sulfide) groups is 1. The zero-order valence-corrected chi connectivity index (χ0v) is 8.11. The van der Waals surface area contributed by atoms with Gasteiger partial charge in [-0.15, -0.1) is 0 Å². The Morgan fingerprint density at radius 2 is 2.33 bits per heavy atom. The summed E-state index contributed by atoms with van der Waals surface area (Å²) in [5, 5.41) is 0. The van der Waals surface area contributed by atoms with Gasteiger partial charge in [0.05, 0.1) is 0 Å². The van der Waals surface area contributed by atoms with Gasteiger partial charge in [-0.2, -0.15) is 11.8 Å². The molecule has 1 heterocycles. The number of hydrogen-bond donors (Lipinski definition) is 1. The molecule has 4 heteroatoms. The van der Waals surface area contributed by atoms with E-state index in [1.165, 1.54) is 0 Å². The summed E-state index contributed by atoms with van der Waals surface area (Å²) in [6, 6.07) is 0. The Labute approximate surface area is 77.7 Å². The summed E-state index contributed by atoms with van der Waals surface area (Å²) in [6.07, 6.45) is 1.63. The maximum Gasteiger partial charge on any atom is 0.223 e. The van der Waals surface area contributed by atoms with Crippen molar-refractivity contribution in [3.8, 4) is 0 Å². The first kappa shape index (κ1) is 9.86. The standard InChI is InChI=1S/C8H16N2OS/c9-3-1-4-10-5-7-12-6-2-8(10)11/h1-7,9H2. The highest BCUT2D eigenvalue weighted by Gasteiger charge is 2.15. The van der Waals surface area contributed by atoms with Crippen molar-refractivity contribution in [2.45, 2.75) is 12.8 Å². The fraction of sp³-hybridized carbons (Fsp3) is 0.875. The molecule has 0 radical (unpaired) electrons. The molecule has 12 heavy (non-hydrogen) atoms. The molecule has 0 unspecified atom stereocenters. The van der Waals surface area contributed by atoms with E-state index >= 15 is 0 Å². The zero-order valence-electron chi connectivity index (χ0n) is 7.29. The third-order valence-electron chi connectivity index (χ3n) is 1.95. The Hall–Kier alpha value is -0.220. The van der Waals surface area contributed by atoms with Gasteiger partial charge in [-0.1, -0.05) is 0 Å². The highest BCUT2D eigenvalue weighted by molar-refractivity contribution is 7.99. The Kier molecular flexibility index (Phi) is 4.46. The lowest BCUT2D eigenvalue weighted by Crippen LogP contribution is -2.33. The number of hydrogen-bond acceptors (Lipinski definition) is 3. The zero-order chi connectivity index (χ0) is 8.81. The molecule has 2 N–H and O–H groups in total. The molecule has 0 aromatic rings. The lowest BCUT2D eigenvalue weighted by atomic mass is 10.3. The molecule has 0 bridgehead atoms. The highest BCUT2D eigenvalue weighted by atomic mass is 32.2. The van der Waals surface area contributed by atoms with Crippen molar-refractivity contribution < 1.29 is 4.79 Å². The minimum absolute atomic E-state index is 0.299. The molecule has 0 aromatic carbocycles. The number of nitrogens with zero attached hydrogens (tertiary/aromatic N) is 1. The van der Waals surface area contributed by atoms with Crippen LogP contribution in [-0.2, 0) is 4.79 Å². The van der Waals surface area contributed by atoms with Crippen LogP contribution in [0.3, 0.4) is 0 Å². The fourth-order valence-corrected chi connectivity index (χ4v) is 2.11. The second kappa shape index (κ2) is 5.43. The lowest BCUT2D eigenvalue weighted by molar-refractivity contribution is -0.130. The Bertz CT molecular complexity index is 152. The molecule has 0 saturated carbocycles. The van der Waals surface area contributed by atoms with Gasteiger partial charge in [-0.3, -0.25) is 4.79 Å². The van der Waals surface area contributed by atoms with Crippen LogP contribution in [0.5, 0.6) is 0 Å². The number of nitrogens with two attached hydrogens (primary N) is 1. The predicted octanol–water partition coefficient (Wildman–Crippen LogP) is 0.301. The maximum absolute atomic E-state index is 11.4. The van der Waals surface area contributed by atoms with Crippen LogP contribution in [0.15, 0.2) is 0 Å². The monoisotopic (exact) mass is 188 g/mol. The quantitative estimate of drug-likeness (QED) is 0.693. The van der Waals surface area contributed by atoms with Crippen molar-refractivity contribution in [2.75, 3.05) is 31.1 Å². The van der Waals surface area contributed by atoms with Gasteiger partial charge in [-0.25, -0.2) is 0 Å². The van der Waals surface area contributed by atoms with Crippen LogP contribution in [0.25, 0.3) is 0 Å². The molecule has 0 atom stereocenters. The van der Waals surface area contributed by atoms with Crippen LogP contribution in [0.2, 0.25) is 0 Å². The minimum Gasteiger partial charge on any atom is -0.342 e. The second-order valence-electron chi connectivity index (χ2n) is 2.89. The van der Waals surface area contributed by atoms with Gasteiger partial charge in [0.15, 0.2) is 0 Å². The van der Waals surface area contributed by atoms with E-state index in [-0.39, 0.29) is 0 Å². The number of rotatable bonds is 3. The first-order chi connectivity index (χ1) is 5.84. The molecular formula is C8H16N2OS. The third-order valence-corrected chi connectivity index (χ3v) is 2.91. The molecule has 70 valence electrons. The molecule has 1 aliphatic heterocycles. The van der Waals surface area contributed by atoms with Crippen molar-refractivity contribution in [3.63, 3.8) is 0 Å². The average Bonchev–Trinajstić information content (AvgIpc) is 2.27. The summed E-state index contributed by atoms with van der Waals surface area (Å²) in [5.41, 5.74) is 5.39. The van der Waals surface area contributed by atoms with E-state index in [1.807, 2.05) is 16.7 Å². The summed E-state index contributed by atoms with van der Waals surface area (Å²) >= 11 is 1.86. The molecule has 1 fully saturated rings. The molecule has 0 aliphatic carbocycles. The van der Waals surface area contributed by atoms with Gasteiger partial charge >= 0.3 is 0 Å². The molecule has 1 rings (SSSR count). The van der Waals surface area contributed by atoms with Gasteiger partial charge < -0.3 is 10.6 Å². The molecule has 0 aromatic heterocycles. The summed E-state index contributed by atoms with van der Waals surface area (Å²) in [4.78, 5) is 13.3. The normalized spacial score (nSPS) is 19.4. The Morgan fingerprint density at radius 3 is 3.08 bits per heavy atom. The van der Waals surface area contributed by atoms with Crippen LogP contribution in [0, 0.1) is 0 Å². The van der Waals surface area contributed by atoms with Crippen LogP contribution >= 0.6 is 11.8 Å². The maximum atomic E-state index is 11.4. The molecule has 1 aliphatic rings. The molecule has 1 saturated heterocycles. The van der Waals surface area contributed by atoms with Gasteiger partial charge in [0.25, 0.3) is 0 Å². The lowest BCUT2D eigenvalue weighted by Gasteiger charge is -2.19. The smallest absolute Gasteiger partial charge is 0.223 e. The SMILES string of the molecule is NCCCN1CCSCCC1=O. The second-order valence-corrected chi connectivity index (χ2v) is 4.11. The van der Waals surface area contributed by atoms with Gasteiger partial charge in [0.2, 0.25) is 5.91 Å². The van der Waals surface area contributed by atoms with E-state index in [0.29, 0.717) is 18.9 Å². The average molecular weight is 188 g/mol. The molecular weight excluding hydrogens is 172 g/mol. The number of carbonyl (C=O) groups excluding carboxylic acids is 1. The minimum atomic E-state index is 0.299. The molecule has 3 nitrogen and oxygen atoms in total. The van der Waals surface area contributed by atoms with E-state index in [4.69, 9.17) is 5.73 Å². The summed E-state index contributed by atoms with van der Waals surface area (Å²) in [6.45, 7) is 2.43. The van der Waals surface area contributed by atoms with E-state index < -0.39 is 0 Å². The summed E-state index contributed by atoms with van der Waals surface area (Å²) < 4.78 is 0. The van der Waals surface area contributed by atoms with Gasteiger partial charge in [0, 0.05) is 31.0 Å². The van der Waals surface area contributed by atoms with Crippen LogP contribution in [-0.4, -0.2) is 41.9 Å². The van der Waals surface area contributed by atoms with E-state index in [9.17, 15) is 4.79 Å². The first-order valence-electron chi connectivity index (χ1n) is 4.40. The summed E-state index contributed by atoms with van der Waals surface area (Å²) in [7, 11) is 0. The van der Waals surface area contributed by atoms with E-state index in [2.05, 4.69) is 0 Å². The van der Waals surface area contributed by atoms with Gasteiger partial charge in [-0.05, 0) is 13.0 Å². The number of amides is 1. The Balaban J connectivity index is 2.31. The largest absolute Gasteiger partial charge is 0.342 e. The third kappa shape index (κ3) is 3.03. The fourth-order valence-electron chi connectivity index (χ4n) is 1.24. The van der Waals surface area contributed by atoms with Crippen molar-refractivity contribution in [2.24, 2.45) is 5.73 Å². The first-order valence-corrected chi connectivity index (χ1v) is 5.55. The molecule has 0 spiro atoms.